The van der Waals surface area contributed by atoms with E-state index in [1.807, 2.05) is 36.6 Å². The van der Waals surface area contributed by atoms with Crippen LogP contribution in [0.4, 0.5) is 5.13 Å². The number of rotatable bonds is 5. The van der Waals surface area contributed by atoms with Gasteiger partial charge in [0.25, 0.3) is 0 Å². The van der Waals surface area contributed by atoms with Gasteiger partial charge in [-0.15, -0.1) is 11.3 Å². The Morgan fingerprint density at radius 3 is 2.84 bits per heavy atom. The van der Waals surface area contributed by atoms with E-state index in [9.17, 15) is 4.79 Å². The molecule has 0 atom stereocenters. The number of carbonyl (C=O) groups is 1. The second kappa shape index (κ2) is 6.70. The lowest BCUT2D eigenvalue weighted by molar-refractivity contribution is -0.111. The van der Waals surface area contributed by atoms with Crippen LogP contribution < -0.4 is 10.1 Å². The molecule has 1 heterocycles. The molecular weight excluding hydrogens is 260 g/mol. The summed E-state index contributed by atoms with van der Waals surface area (Å²) >= 11 is 1.39. The van der Waals surface area contributed by atoms with E-state index < -0.39 is 0 Å². The van der Waals surface area contributed by atoms with Gasteiger partial charge in [-0.25, -0.2) is 4.98 Å². The number of aromatic nitrogens is 1. The number of carbonyl (C=O) groups excluding carboxylic acids is 1. The van der Waals surface area contributed by atoms with Crippen molar-refractivity contribution in [2.45, 2.75) is 6.92 Å². The van der Waals surface area contributed by atoms with Crippen LogP contribution in [0, 0.1) is 0 Å². The Labute approximate surface area is 115 Å². The molecule has 1 N–H and O–H groups in total. The second-order valence-corrected chi connectivity index (χ2v) is 4.56. The van der Waals surface area contributed by atoms with Crippen molar-refractivity contribution in [3.63, 3.8) is 0 Å². The van der Waals surface area contributed by atoms with Gasteiger partial charge in [-0.05, 0) is 30.7 Å². The molecule has 0 saturated heterocycles. The van der Waals surface area contributed by atoms with Crippen LogP contribution in [0.15, 0.2) is 41.9 Å². The van der Waals surface area contributed by atoms with Crippen LogP contribution in [-0.4, -0.2) is 17.5 Å². The van der Waals surface area contributed by atoms with E-state index in [0.29, 0.717) is 11.7 Å². The van der Waals surface area contributed by atoms with Crippen molar-refractivity contribution in [3.05, 3.63) is 47.5 Å². The summed E-state index contributed by atoms with van der Waals surface area (Å²) in [6.07, 6.45) is 4.88. The number of benzene rings is 1. The van der Waals surface area contributed by atoms with Gasteiger partial charge in [0.15, 0.2) is 5.13 Å². The van der Waals surface area contributed by atoms with E-state index in [2.05, 4.69) is 10.3 Å². The molecule has 0 bridgehead atoms. The SMILES string of the molecule is CCOc1ccc(C=CC(=O)Nc2nccs2)cc1. The average molecular weight is 274 g/mol. The van der Waals surface area contributed by atoms with E-state index in [1.54, 1.807) is 12.3 Å². The minimum Gasteiger partial charge on any atom is -0.494 e. The molecule has 0 fully saturated rings. The first kappa shape index (κ1) is 13.3. The molecule has 0 aliphatic heterocycles. The Bertz CT molecular complexity index is 547. The van der Waals surface area contributed by atoms with Gasteiger partial charge in [0.1, 0.15) is 5.75 Å². The monoisotopic (exact) mass is 274 g/mol. The number of anilines is 1. The fourth-order valence-corrected chi connectivity index (χ4v) is 1.98. The molecule has 1 aromatic heterocycles. The molecule has 2 aromatic rings. The molecule has 98 valence electrons. The first-order valence-electron chi connectivity index (χ1n) is 5.89. The molecular formula is C14H14N2O2S. The fraction of sp³-hybridized carbons (Fsp3) is 0.143. The summed E-state index contributed by atoms with van der Waals surface area (Å²) in [6.45, 7) is 2.59. The van der Waals surface area contributed by atoms with E-state index in [-0.39, 0.29) is 5.91 Å². The smallest absolute Gasteiger partial charge is 0.250 e. The fourth-order valence-electron chi connectivity index (χ4n) is 1.45. The van der Waals surface area contributed by atoms with Gasteiger partial charge >= 0.3 is 0 Å². The van der Waals surface area contributed by atoms with Crippen LogP contribution in [-0.2, 0) is 4.79 Å². The van der Waals surface area contributed by atoms with Crippen molar-refractivity contribution in [3.8, 4) is 5.75 Å². The summed E-state index contributed by atoms with van der Waals surface area (Å²) in [6, 6.07) is 7.56. The highest BCUT2D eigenvalue weighted by molar-refractivity contribution is 7.13. The summed E-state index contributed by atoms with van der Waals surface area (Å²) in [7, 11) is 0. The van der Waals surface area contributed by atoms with Crippen LogP contribution >= 0.6 is 11.3 Å². The summed E-state index contributed by atoms with van der Waals surface area (Å²) < 4.78 is 5.35. The molecule has 1 aromatic carbocycles. The third-order valence-corrected chi connectivity index (χ3v) is 2.97. The molecule has 0 unspecified atom stereocenters. The summed E-state index contributed by atoms with van der Waals surface area (Å²) in [5.74, 6) is 0.635. The van der Waals surface area contributed by atoms with Gasteiger partial charge in [-0.1, -0.05) is 12.1 Å². The second-order valence-electron chi connectivity index (χ2n) is 3.66. The number of hydrogen-bond donors (Lipinski definition) is 1. The lowest BCUT2D eigenvalue weighted by Crippen LogP contribution is -2.06. The minimum atomic E-state index is -0.191. The zero-order valence-corrected chi connectivity index (χ0v) is 11.3. The Morgan fingerprint density at radius 2 is 2.21 bits per heavy atom. The number of ether oxygens (including phenoxy) is 1. The molecule has 0 radical (unpaired) electrons. The Balaban J connectivity index is 1.92. The molecule has 5 heteroatoms. The van der Waals surface area contributed by atoms with Crippen LogP contribution in [0.3, 0.4) is 0 Å². The molecule has 0 aliphatic rings. The predicted octanol–water partition coefficient (Wildman–Crippen LogP) is 3.19. The lowest BCUT2D eigenvalue weighted by atomic mass is 10.2. The Kier molecular flexibility index (Phi) is 4.69. The van der Waals surface area contributed by atoms with Crippen LogP contribution in [0.1, 0.15) is 12.5 Å². The van der Waals surface area contributed by atoms with Crippen molar-refractivity contribution in [2.24, 2.45) is 0 Å². The standard InChI is InChI=1S/C14H14N2O2S/c1-2-18-12-6-3-11(4-7-12)5-8-13(17)16-14-15-9-10-19-14/h3-10H,2H2,1H3,(H,15,16,17). The minimum absolute atomic E-state index is 0.191. The Morgan fingerprint density at radius 1 is 1.42 bits per heavy atom. The van der Waals surface area contributed by atoms with Gasteiger partial charge in [0.05, 0.1) is 6.61 Å². The van der Waals surface area contributed by atoms with Crippen molar-refractivity contribution < 1.29 is 9.53 Å². The van der Waals surface area contributed by atoms with E-state index in [1.165, 1.54) is 17.4 Å². The molecule has 1 amide bonds. The van der Waals surface area contributed by atoms with Crippen molar-refractivity contribution in [2.75, 3.05) is 11.9 Å². The Hall–Kier alpha value is -2.14. The van der Waals surface area contributed by atoms with Crippen molar-refractivity contribution in [1.29, 1.82) is 0 Å². The average Bonchev–Trinajstić information content (AvgIpc) is 2.91. The van der Waals surface area contributed by atoms with E-state index >= 15 is 0 Å². The third kappa shape index (κ3) is 4.22. The largest absolute Gasteiger partial charge is 0.494 e. The van der Waals surface area contributed by atoms with Crippen LogP contribution in [0.2, 0.25) is 0 Å². The lowest BCUT2D eigenvalue weighted by Gasteiger charge is -2.02. The predicted molar refractivity (Wildman–Crippen MR) is 77.4 cm³/mol. The summed E-state index contributed by atoms with van der Waals surface area (Å²) in [4.78, 5) is 15.6. The molecule has 0 aliphatic carbocycles. The summed E-state index contributed by atoms with van der Waals surface area (Å²) in [5, 5.41) is 5.09. The quantitative estimate of drug-likeness (QED) is 0.852. The maximum absolute atomic E-state index is 11.6. The zero-order valence-electron chi connectivity index (χ0n) is 10.5. The van der Waals surface area contributed by atoms with Crippen molar-refractivity contribution >= 4 is 28.5 Å². The highest BCUT2D eigenvalue weighted by Gasteiger charge is 1.99. The number of hydrogen-bond acceptors (Lipinski definition) is 4. The van der Waals surface area contributed by atoms with Crippen LogP contribution in [0.25, 0.3) is 6.08 Å². The third-order valence-electron chi connectivity index (χ3n) is 2.28. The van der Waals surface area contributed by atoms with Crippen molar-refractivity contribution in [1.82, 2.24) is 4.98 Å². The van der Waals surface area contributed by atoms with Gasteiger partial charge in [0.2, 0.25) is 5.91 Å². The number of nitrogens with one attached hydrogen (secondary N) is 1. The first-order valence-corrected chi connectivity index (χ1v) is 6.77. The first-order chi connectivity index (χ1) is 9.28. The summed E-state index contributed by atoms with van der Waals surface area (Å²) in [5.41, 5.74) is 0.942. The van der Waals surface area contributed by atoms with E-state index in [0.717, 1.165) is 11.3 Å². The topological polar surface area (TPSA) is 51.2 Å². The number of nitrogens with zero attached hydrogens (tertiary/aromatic N) is 1. The van der Waals surface area contributed by atoms with Gasteiger partial charge in [-0.3, -0.25) is 10.1 Å². The molecule has 0 spiro atoms. The normalized spacial score (nSPS) is 10.6. The highest BCUT2D eigenvalue weighted by atomic mass is 32.1. The van der Waals surface area contributed by atoms with Crippen LogP contribution in [0.5, 0.6) is 5.75 Å². The number of thiazole rings is 1. The van der Waals surface area contributed by atoms with Gasteiger partial charge < -0.3 is 4.74 Å². The number of amides is 1. The molecule has 2 rings (SSSR count). The molecule has 0 saturated carbocycles. The van der Waals surface area contributed by atoms with E-state index in [4.69, 9.17) is 4.74 Å². The molecule has 19 heavy (non-hydrogen) atoms. The maximum atomic E-state index is 11.6. The maximum Gasteiger partial charge on any atom is 0.250 e. The highest BCUT2D eigenvalue weighted by Crippen LogP contribution is 2.13. The van der Waals surface area contributed by atoms with Gasteiger partial charge in [0, 0.05) is 17.7 Å². The van der Waals surface area contributed by atoms with Gasteiger partial charge in [-0.2, -0.15) is 0 Å². The zero-order chi connectivity index (χ0) is 13.5. The molecule has 4 nitrogen and oxygen atoms in total.